The molecular weight excluding hydrogens is 547 g/mol. The van der Waals surface area contributed by atoms with Crippen LogP contribution in [0.15, 0.2) is 76.5 Å². The summed E-state index contributed by atoms with van der Waals surface area (Å²) in [7, 11) is 1.47. The summed E-state index contributed by atoms with van der Waals surface area (Å²) < 4.78 is 11.5. The van der Waals surface area contributed by atoms with Crippen molar-refractivity contribution in [1.82, 2.24) is 0 Å². The third-order valence-electron chi connectivity index (χ3n) is 5.29. The molecule has 38 heavy (non-hydrogen) atoms. The van der Waals surface area contributed by atoms with E-state index in [1.54, 1.807) is 42.1 Å². The molecule has 0 aromatic heterocycles. The topological polar surface area (TPSA) is 111 Å². The molecule has 194 valence electrons. The Kier molecular flexibility index (Phi) is 8.66. The predicted octanol–water partition coefficient (Wildman–Crippen LogP) is 5.75. The fraction of sp³-hybridized carbons (Fsp3) is 0.115. The highest BCUT2D eigenvalue weighted by atomic mass is 32.2. The summed E-state index contributed by atoms with van der Waals surface area (Å²) in [4.78, 5) is 38.8. The van der Waals surface area contributed by atoms with E-state index in [0.717, 1.165) is 4.90 Å². The van der Waals surface area contributed by atoms with Crippen LogP contribution in [0.3, 0.4) is 0 Å². The van der Waals surface area contributed by atoms with Crippen molar-refractivity contribution in [3.05, 3.63) is 87.3 Å². The number of thiocarbonyl (C=S) groups is 1. The Balaban J connectivity index is 1.44. The molecule has 9 nitrogen and oxygen atoms in total. The quantitative estimate of drug-likeness (QED) is 0.114. The van der Waals surface area contributed by atoms with Crippen LogP contribution in [0.2, 0.25) is 0 Å². The second-order valence-electron chi connectivity index (χ2n) is 7.77. The smallest absolute Gasteiger partial charge is 0.271 e. The number of anilines is 2. The van der Waals surface area contributed by atoms with Crippen molar-refractivity contribution in [2.45, 2.75) is 4.90 Å². The van der Waals surface area contributed by atoms with E-state index in [2.05, 4.69) is 5.32 Å². The number of carbonyl (C=O) groups excluding carboxylic acids is 2. The lowest BCUT2D eigenvalue weighted by Gasteiger charge is -2.15. The third-order valence-corrected chi connectivity index (χ3v) is 7.32. The Morgan fingerprint density at radius 3 is 2.68 bits per heavy atom. The van der Waals surface area contributed by atoms with Gasteiger partial charge in [-0.1, -0.05) is 42.2 Å². The molecule has 0 bridgehead atoms. The number of amides is 2. The number of rotatable bonds is 9. The molecule has 0 unspecified atom stereocenters. The van der Waals surface area contributed by atoms with Crippen LogP contribution in [-0.2, 0) is 9.59 Å². The summed E-state index contributed by atoms with van der Waals surface area (Å²) in [5.41, 5.74) is 1.56. The molecule has 4 rings (SSSR count). The molecule has 0 spiro atoms. The van der Waals surface area contributed by atoms with Gasteiger partial charge in [0, 0.05) is 22.7 Å². The Labute approximate surface area is 232 Å². The van der Waals surface area contributed by atoms with E-state index in [1.807, 2.05) is 30.5 Å². The van der Waals surface area contributed by atoms with Gasteiger partial charge in [0.2, 0.25) is 0 Å². The molecule has 12 heteroatoms. The standard InChI is InChI=1S/C26H21N3O6S3/c1-34-22-11-16(12-23-25(31)28(26(36)38-23)18-6-4-8-20(14-18)37-2)9-10-21(22)35-15-24(30)27-17-5-3-7-19(13-17)29(32)33/h3-14H,15H2,1-2H3,(H,27,30)/b23-12-. The minimum absolute atomic E-state index is 0.133. The zero-order chi connectivity index (χ0) is 27.2. The molecule has 1 saturated heterocycles. The molecule has 2 amide bonds. The van der Waals surface area contributed by atoms with Gasteiger partial charge in [0.25, 0.3) is 17.5 Å². The summed E-state index contributed by atoms with van der Waals surface area (Å²) in [6.45, 7) is -0.341. The monoisotopic (exact) mass is 567 g/mol. The molecule has 1 aliphatic rings. The lowest BCUT2D eigenvalue weighted by molar-refractivity contribution is -0.384. The minimum atomic E-state index is -0.542. The van der Waals surface area contributed by atoms with Crippen molar-refractivity contribution in [3.8, 4) is 11.5 Å². The number of hydrogen-bond donors (Lipinski definition) is 1. The fourth-order valence-electron chi connectivity index (χ4n) is 3.52. The van der Waals surface area contributed by atoms with Crippen LogP contribution in [0, 0.1) is 10.1 Å². The Bertz CT molecular complexity index is 1460. The van der Waals surface area contributed by atoms with Gasteiger partial charge in [0.1, 0.15) is 0 Å². The number of benzene rings is 3. The van der Waals surface area contributed by atoms with Crippen molar-refractivity contribution in [2.24, 2.45) is 0 Å². The van der Waals surface area contributed by atoms with E-state index < -0.39 is 10.8 Å². The fourth-order valence-corrected chi connectivity index (χ4v) is 5.27. The number of ether oxygens (including phenoxy) is 2. The van der Waals surface area contributed by atoms with Gasteiger partial charge < -0.3 is 14.8 Å². The van der Waals surface area contributed by atoms with Crippen LogP contribution in [-0.4, -0.2) is 41.0 Å². The highest BCUT2D eigenvalue weighted by Gasteiger charge is 2.33. The van der Waals surface area contributed by atoms with Crippen molar-refractivity contribution >= 4 is 75.0 Å². The van der Waals surface area contributed by atoms with Gasteiger partial charge in [-0.25, -0.2) is 0 Å². The van der Waals surface area contributed by atoms with Gasteiger partial charge in [-0.05, 0) is 54.3 Å². The van der Waals surface area contributed by atoms with Crippen molar-refractivity contribution in [1.29, 1.82) is 0 Å². The maximum Gasteiger partial charge on any atom is 0.271 e. The predicted molar refractivity (Wildman–Crippen MR) is 154 cm³/mol. The highest BCUT2D eigenvalue weighted by Crippen LogP contribution is 2.38. The Hall–Kier alpha value is -3.87. The first-order valence-corrected chi connectivity index (χ1v) is 13.5. The largest absolute Gasteiger partial charge is 0.493 e. The summed E-state index contributed by atoms with van der Waals surface area (Å²) in [5, 5.41) is 13.5. The molecule has 1 fully saturated rings. The van der Waals surface area contributed by atoms with E-state index in [-0.39, 0.29) is 23.9 Å². The summed E-state index contributed by atoms with van der Waals surface area (Å²) >= 11 is 8.27. The zero-order valence-electron chi connectivity index (χ0n) is 20.2. The molecule has 0 saturated carbocycles. The van der Waals surface area contributed by atoms with Crippen LogP contribution in [0.25, 0.3) is 6.08 Å². The first kappa shape index (κ1) is 27.2. The van der Waals surface area contributed by atoms with E-state index in [4.69, 9.17) is 21.7 Å². The zero-order valence-corrected chi connectivity index (χ0v) is 22.7. The number of nitrogens with zero attached hydrogens (tertiary/aromatic N) is 2. The summed E-state index contributed by atoms with van der Waals surface area (Å²) in [6.07, 6.45) is 3.69. The maximum atomic E-state index is 13.1. The SMILES string of the molecule is COc1cc(/C=C2\SC(=S)N(c3cccc(SC)c3)C2=O)ccc1OCC(=O)Nc1cccc([N+](=O)[O-])c1. The summed E-state index contributed by atoms with van der Waals surface area (Å²) in [6, 6.07) is 18.3. The minimum Gasteiger partial charge on any atom is -0.493 e. The number of carbonyl (C=O) groups is 2. The van der Waals surface area contributed by atoms with Gasteiger partial charge in [0.05, 0.1) is 22.6 Å². The lowest BCUT2D eigenvalue weighted by Crippen LogP contribution is -2.27. The second-order valence-corrected chi connectivity index (χ2v) is 10.3. The third kappa shape index (κ3) is 6.33. The van der Waals surface area contributed by atoms with Gasteiger partial charge >= 0.3 is 0 Å². The average molecular weight is 568 g/mol. The van der Waals surface area contributed by atoms with Crippen LogP contribution >= 0.6 is 35.7 Å². The number of nitro benzene ring substituents is 1. The molecule has 0 aliphatic carbocycles. The molecule has 0 radical (unpaired) electrons. The van der Waals surface area contributed by atoms with Crippen LogP contribution in [0.4, 0.5) is 17.1 Å². The molecule has 3 aromatic carbocycles. The maximum absolute atomic E-state index is 13.1. The first-order chi connectivity index (χ1) is 18.3. The Morgan fingerprint density at radius 1 is 1.16 bits per heavy atom. The number of non-ortho nitro benzene ring substituents is 1. The second kappa shape index (κ2) is 12.1. The van der Waals surface area contributed by atoms with Crippen LogP contribution in [0.1, 0.15) is 5.56 Å². The molecule has 0 atom stereocenters. The van der Waals surface area contributed by atoms with E-state index in [9.17, 15) is 19.7 Å². The van der Waals surface area contributed by atoms with Gasteiger partial charge in [-0.15, -0.1) is 11.8 Å². The highest BCUT2D eigenvalue weighted by molar-refractivity contribution is 8.27. The van der Waals surface area contributed by atoms with E-state index in [0.29, 0.717) is 32.0 Å². The van der Waals surface area contributed by atoms with Crippen LogP contribution < -0.4 is 19.7 Å². The number of methoxy groups -OCH3 is 1. The number of nitro groups is 1. The van der Waals surface area contributed by atoms with Gasteiger partial charge in [-0.3, -0.25) is 24.6 Å². The molecule has 1 aliphatic heterocycles. The number of hydrogen-bond acceptors (Lipinski definition) is 9. The summed E-state index contributed by atoms with van der Waals surface area (Å²) in [5.74, 6) is -0.0217. The van der Waals surface area contributed by atoms with Crippen LogP contribution in [0.5, 0.6) is 11.5 Å². The molecule has 1 N–H and O–H groups in total. The molecular formula is C26H21N3O6S3. The van der Waals surface area contributed by atoms with Crippen molar-refractivity contribution < 1.29 is 24.0 Å². The average Bonchev–Trinajstić information content (AvgIpc) is 3.19. The van der Waals surface area contributed by atoms with Gasteiger partial charge in [0.15, 0.2) is 22.4 Å². The van der Waals surface area contributed by atoms with Crippen molar-refractivity contribution in [2.75, 3.05) is 30.2 Å². The molecule has 1 heterocycles. The van der Waals surface area contributed by atoms with E-state index in [1.165, 1.54) is 42.0 Å². The normalized spacial score (nSPS) is 14.1. The number of thioether (sulfide) groups is 2. The number of nitrogens with one attached hydrogen (secondary N) is 1. The Morgan fingerprint density at radius 2 is 1.95 bits per heavy atom. The molecule has 3 aromatic rings. The lowest BCUT2D eigenvalue weighted by atomic mass is 10.2. The van der Waals surface area contributed by atoms with Gasteiger partial charge in [-0.2, -0.15) is 0 Å². The van der Waals surface area contributed by atoms with Crippen molar-refractivity contribution in [3.63, 3.8) is 0 Å². The first-order valence-electron chi connectivity index (χ1n) is 11.1. The van der Waals surface area contributed by atoms with E-state index >= 15 is 0 Å².